The van der Waals surface area contributed by atoms with E-state index in [4.69, 9.17) is 0 Å². The van der Waals surface area contributed by atoms with Crippen LogP contribution in [-0.2, 0) is 18.6 Å². The van der Waals surface area contributed by atoms with Crippen LogP contribution in [0, 0.1) is 5.82 Å². The van der Waals surface area contributed by atoms with Gasteiger partial charge in [0.2, 0.25) is 0 Å². The molecule has 156 valence electrons. The second kappa shape index (κ2) is 10.1. The van der Waals surface area contributed by atoms with Gasteiger partial charge >= 0.3 is 0 Å². The van der Waals surface area contributed by atoms with Crippen molar-refractivity contribution in [3.05, 3.63) is 125 Å². The van der Waals surface area contributed by atoms with Gasteiger partial charge < -0.3 is 5.11 Å². The lowest BCUT2D eigenvalue weighted by Gasteiger charge is -2.15. The zero-order chi connectivity index (χ0) is 21.6. The average Bonchev–Trinajstić information content (AvgIpc) is 2.79. The maximum Gasteiger partial charge on any atom is 0.126 e. The molecule has 0 fully saturated rings. The largest absolute Gasteiger partial charge is 0.507 e. The monoisotopic (exact) mass is 446 g/mol. The summed E-state index contributed by atoms with van der Waals surface area (Å²) < 4.78 is 13.7. The molecule has 0 spiro atoms. The summed E-state index contributed by atoms with van der Waals surface area (Å²) in [5.74, 6) is 0.527. The smallest absolute Gasteiger partial charge is 0.126 e. The van der Waals surface area contributed by atoms with E-state index in [1.165, 1.54) is 17.7 Å². The Morgan fingerprint density at radius 3 is 1.97 bits per heavy atom. The highest BCUT2D eigenvalue weighted by Gasteiger charge is 2.14. The van der Waals surface area contributed by atoms with E-state index in [-0.39, 0.29) is 14.4 Å². The number of halogens is 1. The molecule has 0 aromatic heterocycles. The normalized spacial score (nSPS) is 11.3. The summed E-state index contributed by atoms with van der Waals surface area (Å²) in [6.45, 7) is 0. The Morgan fingerprint density at radius 1 is 0.677 bits per heavy atom. The van der Waals surface area contributed by atoms with Crippen molar-refractivity contribution in [1.29, 1.82) is 0 Å². The highest BCUT2D eigenvalue weighted by molar-refractivity contribution is 7.79. The molecule has 0 heterocycles. The van der Waals surface area contributed by atoms with Gasteiger partial charge in [-0.1, -0.05) is 81.4 Å². The van der Waals surface area contributed by atoms with Crippen molar-refractivity contribution >= 4 is 31.8 Å². The van der Waals surface area contributed by atoms with E-state index < -0.39 is 0 Å². The third kappa shape index (κ3) is 5.55. The Bertz CT molecular complexity index is 1160. The molecule has 0 aliphatic carbocycles. The highest BCUT2D eigenvalue weighted by atomic mass is 32.1. The van der Waals surface area contributed by atoms with E-state index in [2.05, 4.69) is 49.0 Å². The predicted molar refractivity (Wildman–Crippen MR) is 133 cm³/mol. The molecule has 0 saturated carbocycles. The molecule has 0 aliphatic rings. The van der Waals surface area contributed by atoms with Crippen molar-refractivity contribution in [2.45, 2.75) is 18.6 Å². The van der Waals surface area contributed by atoms with Crippen LogP contribution < -0.4 is 10.6 Å². The molecule has 4 aromatic rings. The molecule has 4 rings (SSSR count). The molecule has 0 bridgehead atoms. The van der Waals surface area contributed by atoms with Gasteiger partial charge in [-0.3, -0.25) is 0 Å². The van der Waals surface area contributed by atoms with Crippen molar-refractivity contribution in [2.24, 2.45) is 0 Å². The van der Waals surface area contributed by atoms with E-state index in [1.807, 2.05) is 36.4 Å². The Morgan fingerprint density at radius 2 is 1.32 bits per heavy atom. The fourth-order valence-corrected chi connectivity index (χ4v) is 5.43. The summed E-state index contributed by atoms with van der Waals surface area (Å²) in [6, 6.07) is 29.5. The molecule has 1 atom stereocenters. The van der Waals surface area contributed by atoms with Crippen molar-refractivity contribution < 1.29 is 9.50 Å². The van der Waals surface area contributed by atoms with Crippen LogP contribution in [0.5, 0.6) is 5.75 Å². The Labute approximate surface area is 190 Å². The number of benzene rings is 4. The Kier molecular flexibility index (Phi) is 7.06. The molecule has 0 amide bonds. The van der Waals surface area contributed by atoms with E-state index in [0.717, 1.165) is 39.3 Å². The van der Waals surface area contributed by atoms with Crippen LogP contribution in [0.2, 0.25) is 0 Å². The number of hydrogen-bond acceptors (Lipinski definition) is 2. The van der Waals surface area contributed by atoms with Gasteiger partial charge in [-0.05, 0) is 57.7 Å². The SMILES string of the molecule is Oc1c(Cc2ccccc2)cc(Cc2ccccc2)cc1Pc1ccc(F)cc1CS. The van der Waals surface area contributed by atoms with Gasteiger partial charge in [-0.15, -0.1) is 0 Å². The zero-order valence-electron chi connectivity index (χ0n) is 17.1. The quantitative estimate of drug-likeness (QED) is 0.273. The molecule has 1 N–H and O–H groups in total. The number of rotatable bonds is 7. The Balaban J connectivity index is 1.73. The molecule has 1 unspecified atom stereocenters. The van der Waals surface area contributed by atoms with Crippen molar-refractivity contribution in [1.82, 2.24) is 0 Å². The number of aromatic hydroxyl groups is 1. The van der Waals surface area contributed by atoms with Crippen LogP contribution in [-0.4, -0.2) is 5.11 Å². The summed E-state index contributed by atoms with van der Waals surface area (Å²) in [7, 11) is 0.226. The fourth-order valence-electron chi connectivity index (χ4n) is 3.70. The Hall–Kier alpha value is -2.61. The molecule has 4 aromatic carbocycles. The highest BCUT2D eigenvalue weighted by Crippen LogP contribution is 2.28. The first-order valence-corrected chi connectivity index (χ1v) is 11.8. The van der Waals surface area contributed by atoms with Crippen LogP contribution in [0.4, 0.5) is 4.39 Å². The molecule has 4 heteroatoms. The number of hydrogen-bond donors (Lipinski definition) is 2. The number of phenolic OH excluding ortho intramolecular Hbond substituents is 1. The number of phenols is 1. The average molecular weight is 447 g/mol. The predicted octanol–water partition coefficient (Wildman–Crippen LogP) is 5.77. The van der Waals surface area contributed by atoms with Crippen LogP contribution in [0.1, 0.15) is 27.8 Å². The molecule has 1 nitrogen and oxygen atoms in total. The molecular formula is C27H24FOPS. The first kappa shape index (κ1) is 21.6. The van der Waals surface area contributed by atoms with Crippen LogP contribution in [0.3, 0.4) is 0 Å². The third-order valence-corrected chi connectivity index (χ3v) is 6.99. The van der Waals surface area contributed by atoms with Crippen molar-refractivity contribution in [3.63, 3.8) is 0 Å². The lowest BCUT2D eigenvalue weighted by atomic mass is 9.98. The third-order valence-electron chi connectivity index (χ3n) is 5.24. The standard InChI is InChI=1S/C27H24FOPS/c28-24-11-12-25(23(17-24)18-31)30-26-16-21(13-19-7-3-1-4-8-19)15-22(27(26)29)14-20-9-5-2-6-10-20/h1-12,15-17,29-31H,13-14,18H2. The van der Waals surface area contributed by atoms with Crippen LogP contribution in [0.15, 0.2) is 91.0 Å². The molecular weight excluding hydrogens is 422 g/mol. The first-order valence-electron chi connectivity index (χ1n) is 10.2. The fraction of sp³-hybridized carbons (Fsp3) is 0.111. The minimum Gasteiger partial charge on any atom is -0.507 e. The summed E-state index contributed by atoms with van der Waals surface area (Å²) >= 11 is 4.37. The second-order valence-corrected chi connectivity index (χ2v) is 9.20. The van der Waals surface area contributed by atoms with Gasteiger partial charge in [-0.2, -0.15) is 12.6 Å². The summed E-state index contributed by atoms with van der Waals surface area (Å²) in [6.07, 6.45) is 1.46. The maximum atomic E-state index is 13.7. The zero-order valence-corrected chi connectivity index (χ0v) is 18.9. The lowest BCUT2D eigenvalue weighted by Crippen LogP contribution is -2.11. The molecule has 0 aliphatic heterocycles. The van der Waals surface area contributed by atoms with E-state index in [0.29, 0.717) is 17.9 Å². The lowest BCUT2D eigenvalue weighted by molar-refractivity contribution is 0.474. The first-order chi connectivity index (χ1) is 15.1. The molecule has 0 radical (unpaired) electrons. The van der Waals surface area contributed by atoms with Gasteiger partial charge in [0.05, 0.1) is 0 Å². The van der Waals surface area contributed by atoms with E-state index in [1.54, 1.807) is 6.07 Å². The van der Waals surface area contributed by atoms with Gasteiger partial charge in [-0.25, -0.2) is 4.39 Å². The topological polar surface area (TPSA) is 20.2 Å². The molecule has 0 saturated heterocycles. The van der Waals surface area contributed by atoms with Crippen LogP contribution >= 0.6 is 21.2 Å². The van der Waals surface area contributed by atoms with E-state index in [9.17, 15) is 9.50 Å². The van der Waals surface area contributed by atoms with Gasteiger partial charge in [0.25, 0.3) is 0 Å². The summed E-state index contributed by atoms with van der Waals surface area (Å²) in [4.78, 5) is 0. The van der Waals surface area contributed by atoms with Gasteiger partial charge in [0.15, 0.2) is 0 Å². The number of thiol groups is 1. The summed E-state index contributed by atoms with van der Waals surface area (Å²) in [5, 5.41) is 13.0. The van der Waals surface area contributed by atoms with Gasteiger partial charge in [0.1, 0.15) is 11.6 Å². The van der Waals surface area contributed by atoms with Gasteiger partial charge in [0, 0.05) is 17.5 Å². The molecule has 31 heavy (non-hydrogen) atoms. The van der Waals surface area contributed by atoms with Crippen molar-refractivity contribution in [3.8, 4) is 5.75 Å². The minimum atomic E-state index is -0.260. The van der Waals surface area contributed by atoms with Crippen LogP contribution in [0.25, 0.3) is 0 Å². The van der Waals surface area contributed by atoms with Crippen molar-refractivity contribution in [2.75, 3.05) is 0 Å². The summed E-state index contributed by atoms with van der Waals surface area (Å²) in [5.41, 5.74) is 5.32. The maximum absolute atomic E-state index is 13.7. The minimum absolute atomic E-state index is 0.226. The second-order valence-electron chi connectivity index (χ2n) is 7.56. The van der Waals surface area contributed by atoms with E-state index >= 15 is 0 Å².